The summed E-state index contributed by atoms with van der Waals surface area (Å²) in [7, 11) is 0. The van der Waals surface area contributed by atoms with E-state index in [0.717, 1.165) is 11.1 Å². The minimum absolute atomic E-state index is 0.174. The minimum atomic E-state index is -1.08. The summed E-state index contributed by atoms with van der Waals surface area (Å²) in [5, 5.41) is 18.0. The maximum atomic E-state index is 12.8. The number of halogens is 2. The number of carboxylic acid groups (broad SMARTS) is 1. The van der Waals surface area contributed by atoms with Crippen LogP contribution in [0.1, 0.15) is 29.9 Å². The summed E-state index contributed by atoms with van der Waals surface area (Å²) < 4.78 is 1.67. The van der Waals surface area contributed by atoms with Gasteiger partial charge in [-0.2, -0.15) is 5.10 Å². The zero-order chi connectivity index (χ0) is 20.4. The quantitative estimate of drug-likeness (QED) is 0.625. The molecule has 0 saturated heterocycles. The van der Waals surface area contributed by atoms with E-state index in [9.17, 15) is 14.7 Å². The molecule has 0 saturated carbocycles. The molecule has 1 heterocycles. The average Bonchev–Trinajstić information content (AvgIpc) is 3.00. The Morgan fingerprint density at radius 1 is 1.18 bits per heavy atom. The number of carbonyl (C=O) groups is 2. The first-order valence-electron chi connectivity index (χ1n) is 8.71. The monoisotopic (exact) mass is 419 g/mol. The number of fused-ring (bicyclic) bond motifs is 1. The maximum Gasteiger partial charge on any atom is 0.326 e. The average molecular weight is 420 g/mol. The number of rotatable bonds is 6. The summed E-state index contributed by atoms with van der Waals surface area (Å²) in [6.07, 6.45) is 0. The second-order valence-corrected chi connectivity index (χ2v) is 7.64. The third kappa shape index (κ3) is 4.13. The van der Waals surface area contributed by atoms with Crippen LogP contribution in [-0.2, 0) is 11.3 Å². The number of aromatic nitrogens is 2. The molecule has 28 heavy (non-hydrogen) atoms. The van der Waals surface area contributed by atoms with Crippen LogP contribution in [0.4, 0.5) is 0 Å². The number of para-hydroxylation sites is 1. The zero-order valence-corrected chi connectivity index (χ0v) is 16.8. The van der Waals surface area contributed by atoms with Gasteiger partial charge < -0.3 is 10.4 Å². The molecule has 0 aliphatic rings. The van der Waals surface area contributed by atoms with Gasteiger partial charge in [0.1, 0.15) is 6.04 Å². The van der Waals surface area contributed by atoms with Crippen molar-refractivity contribution in [1.29, 1.82) is 0 Å². The minimum Gasteiger partial charge on any atom is -0.480 e. The predicted molar refractivity (Wildman–Crippen MR) is 109 cm³/mol. The van der Waals surface area contributed by atoms with Gasteiger partial charge in [0.05, 0.1) is 12.1 Å². The van der Waals surface area contributed by atoms with Gasteiger partial charge in [-0.25, -0.2) is 4.79 Å². The van der Waals surface area contributed by atoms with E-state index in [0.29, 0.717) is 22.0 Å². The number of carbonyl (C=O) groups excluding carboxylic acids is 1. The van der Waals surface area contributed by atoms with Crippen LogP contribution in [0.25, 0.3) is 10.9 Å². The summed E-state index contributed by atoms with van der Waals surface area (Å²) >= 11 is 12.2. The Hall–Kier alpha value is -2.57. The Kier molecular flexibility index (Phi) is 5.91. The molecule has 0 aliphatic heterocycles. The molecule has 1 amide bonds. The number of carboxylic acids is 1. The molecule has 2 aromatic carbocycles. The van der Waals surface area contributed by atoms with Crippen molar-refractivity contribution in [2.24, 2.45) is 5.92 Å². The van der Waals surface area contributed by atoms with Crippen molar-refractivity contribution in [3.63, 3.8) is 0 Å². The highest BCUT2D eigenvalue weighted by molar-refractivity contribution is 6.35. The van der Waals surface area contributed by atoms with Gasteiger partial charge in [0.2, 0.25) is 0 Å². The molecule has 0 unspecified atom stereocenters. The molecule has 0 aliphatic carbocycles. The number of amides is 1. The van der Waals surface area contributed by atoms with E-state index in [1.54, 1.807) is 48.9 Å². The van der Waals surface area contributed by atoms with Crippen molar-refractivity contribution in [2.45, 2.75) is 26.4 Å². The van der Waals surface area contributed by atoms with Crippen molar-refractivity contribution in [3.8, 4) is 0 Å². The number of nitrogens with zero attached hydrogens (tertiary/aromatic N) is 2. The number of benzene rings is 2. The van der Waals surface area contributed by atoms with E-state index in [2.05, 4.69) is 10.4 Å². The van der Waals surface area contributed by atoms with Crippen LogP contribution in [-0.4, -0.2) is 32.8 Å². The smallest absolute Gasteiger partial charge is 0.326 e. The lowest BCUT2D eigenvalue weighted by Gasteiger charge is -2.17. The van der Waals surface area contributed by atoms with Crippen LogP contribution < -0.4 is 5.32 Å². The molecule has 0 spiro atoms. The largest absolute Gasteiger partial charge is 0.480 e. The molecule has 1 atom stereocenters. The Morgan fingerprint density at radius 3 is 2.54 bits per heavy atom. The first-order valence-corrected chi connectivity index (χ1v) is 9.46. The highest BCUT2D eigenvalue weighted by atomic mass is 35.5. The molecule has 0 fully saturated rings. The highest BCUT2D eigenvalue weighted by Gasteiger charge is 2.26. The topological polar surface area (TPSA) is 84.2 Å². The van der Waals surface area contributed by atoms with E-state index in [1.165, 1.54) is 0 Å². The second-order valence-electron chi connectivity index (χ2n) is 6.79. The first kappa shape index (κ1) is 20.2. The lowest BCUT2D eigenvalue weighted by atomic mass is 10.0. The molecular formula is C20H19Cl2N3O3. The molecule has 6 nitrogen and oxygen atoms in total. The summed E-state index contributed by atoms with van der Waals surface area (Å²) in [6.45, 7) is 3.81. The van der Waals surface area contributed by atoms with Crippen molar-refractivity contribution in [1.82, 2.24) is 15.1 Å². The standard InChI is InChI=1S/C20H19Cl2N3O3/c1-11(2)17(20(27)28)23-19(26)18-14-5-3-4-6-16(14)25(24-18)10-12-7-8-13(21)9-15(12)22/h3-9,11,17H,10H2,1-2H3,(H,23,26)(H,27,28)/t17-/m0/s1. The van der Waals surface area contributed by atoms with Crippen LogP contribution in [0.3, 0.4) is 0 Å². The normalized spacial score (nSPS) is 12.3. The van der Waals surface area contributed by atoms with Crippen LogP contribution in [0, 0.1) is 5.92 Å². The van der Waals surface area contributed by atoms with Gasteiger partial charge in [-0.05, 0) is 29.7 Å². The van der Waals surface area contributed by atoms with Gasteiger partial charge in [-0.1, -0.05) is 61.3 Å². The predicted octanol–water partition coefficient (Wildman–Crippen LogP) is 4.23. The molecule has 146 valence electrons. The molecule has 1 aromatic heterocycles. The molecule has 8 heteroatoms. The van der Waals surface area contributed by atoms with Crippen molar-refractivity contribution in [3.05, 3.63) is 63.8 Å². The van der Waals surface area contributed by atoms with Crippen molar-refractivity contribution in [2.75, 3.05) is 0 Å². The van der Waals surface area contributed by atoms with E-state index in [4.69, 9.17) is 23.2 Å². The van der Waals surface area contributed by atoms with Gasteiger partial charge in [-0.15, -0.1) is 0 Å². The Morgan fingerprint density at radius 2 is 1.89 bits per heavy atom. The van der Waals surface area contributed by atoms with Crippen LogP contribution >= 0.6 is 23.2 Å². The maximum absolute atomic E-state index is 12.8. The van der Waals surface area contributed by atoms with Crippen LogP contribution in [0.2, 0.25) is 10.0 Å². The lowest BCUT2D eigenvalue weighted by molar-refractivity contribution is -0.140. The van der Waals surface area contributed by atoms with Gasteiger partial charge in [0.25, 0.3) is 5.91 Å². The summed E-state index contributed by atoms with van der Waals surface area (Å²) in [4.78, 5) is 24.2. The Bertz CT molecular complexity index is 1050. The summed E-state index contributed by atoms with van der Waals surface area (Å²) in [6, 6.07) is 11.5. The molecule has 2 N–H and O–H groups in total. The van der Waals surface area contributed by atoms with E-state index in [1.807, 2.05) is 12.1 Å². The molecule has 3 rings (SSSR count). The molecule has 0 bridgehead atoms. The number of nitrogens with one attached hydrogen (secondary N) is 1. The van der Waals surface area contributed by atoms with Crippen LogP contribution in [0.5, 0.6) is 0 Å². The molecule has 3 aromatic rings. The first-order chi connectivity index (χ1) is 13.3. The van der Waals surface area contributed by atoms with E-state index >= 15 is 0 Å². The molecule has 0 radical (unpaired) electrons. The second kappa shape index (κ2) is 8.20. The van der Waals surface area contributed by atoms with Gasteiger partial charge >= 0.3 is 5.97 Å². The van der Waals surface area contributed by atoms with Crippen LogP contribution in [0.15, 0.2) is 42.5 Å². The fraction of sp³-hybridized carbons (Fsp3) is 0.250. The number of hydrogen-bond acceptors (Lipinski definition) is 3. The SMILES string of the molecule is CC(C)[C@H](NC(=O)c1nn(Cc2ccc(Cl)cc2Cl)c2ccccc12)C(=O)O. The fourth-order valence-electron chi connectivity index (χ4n) is 2.95. The highest BCUT2D eigenvalue weighted by Crippen LogP contribution is 2.25. The Balaban J connectivity index is 1.98. The number of hydrogen-bond donors (Lipinski definition) is 2. The van der Waals surface area contributed by atoms with E-state index < -0.39 is 17.9 Å². The zero-order valence-electron chi connectivity index (χ0n) is 15.3. The third-order valence-electron chi connectivity index (χ3n) is 4.43. The number of aliphatic carboxylic acids is 1. The lowest BCUT2D eigenvalue weighted by Crippen LogP contribution is -2.44. The fourth-order valence-corrected chi connectivity index (χ4v) is 3.42. The molecular weight excluding hydrogens is 401 g/mol. The van der Waals surface area contributed by atoms with Crippen molar-refractivity contribution >= 4 is 46.0 Å². The summed E-state index contributed by atoms with van der Waals surface area (Å²) in [5.41, 5.74) is 1.72. The summed E-state index contributed by atoms with van der Waals surface area (Å²) in [5.74, 6) is -1.87. The van der Waals surface area contributed by atoms with Crippen molar-refractivity contribution < 1.29 is 14.7 Å². The third-order valence-corrected chi connectivity index (χ3v) is 5.01. The van der Waals surface area contributed by atoms with Gasteiger partial charge in [0, 0.05) is 15.4 Å². The van der Waals surface area contributed by atoms with Gasteiger partial charge in [-0.3, -0.25) is 9.48 Å². The van der Waals surface area contributed by atoms with Gasteiger partial charge in [0.15, 0.2) is 5.69 Å². The Labute approximate surface area is 172 Å². The van der Waals surface area contributed by atoms with E-state index in [-0.39, 0.29) is 11.6 Å².